The summed E-state index contributed by atoms with van der Waals surface area (Å²) in [5, 5.41) is 0.787. The number of benzene rings is 2. The van der Waals surface area contributed by atoms with E-state index in [9.17, 15) is 13.2 Å². The van der Waals surface area contributed by atoms with E-state index in [0.717, 1.165) is 6.07 Å². The Morgan fingerprint density at radius 1 is 1.00 bits per heavy atom. The van der Waals surface area contributed by atoms with Crippen molar-refractivity contribution in [1.29, 1.82) is 0 Å². The maximum absolute atomic E-state index is 12.6. The molecule has 0 nitrogen and oxygen atoms in total. The maximum atomic E-state index is 12.6. The van der Waals surface area contributed by atoms with Gasteiger partial charge in [0.05, 0.1) is 5.56 Å². The predicted octanol–water partition coefficient (Wildman–Crippen LogP) is 4.04. The second-order valence-electron chi connectivity index (χ2n) is 3.36. The first kappa shape index (κ1) is 10.0. The van der Waals surface area contributed by atoms with Crippen molar-refractivity contribution in [3.05, 3.63) is 54.4 Å². The Morgan fingerprint density at radius 3 is 2.40 bits per heavy atom. The molecule has 0 N–H and O–H groups in total. The maximum Gasteiger partial charge on any atom is 0.417 e. The highest BCUT2D eigenvalue weighted by Crippen LogP contribution is 2.34. The Morgan fingerprint density at radius 2 is 1.73 bits per heavy atom. The molecule has 77 valence electrons. The molecule has 0 bridgehead atoms. The zero-order chi connectivity index (χ0) is 11.1. The fourth-order valence-corrected chi connectivity index (χ4v) is 1.58. The molecule has 15 heavy (non-hydrogen) atoms. The van der Waals surface area contributed by atoms with E-state index in [2.05, 4.69) is 6.92 Å². The minimum Gasteiger partial charge on any atom is -0.166 e. The van der Waals surface area contributed by atoms with Crippen molar-refractivity contribution in [2.75, 3.05) is 0 Å². The number of alkyl halides is 3. The van der Waals surface area contributed by atoms with E-state index in [4.69, 9.17) is 0 Å². The molecule has 1 radical (unpaired) electrons. The van der Waals surface area contributed by atoms with Gasteiger partial charge >= 0.3 is 6.18 Å². The Balaban J connectivity index is 2.77. The van der Waals surface area contributed by atoms with Crippen LogP contribution >= 0.6 is 0 Å². The molecule has 0 saturated carbocycles. The van der Waals surface area contributed by atoms with Crippen molar-refractivity contribution < 1.29 is 13.2 Å². The number of hydrogen-bond donors (Lipinski definition) is 0. The van der Waals surface area contributed by atoms with Crippen molar-refractivity contribution in [2.24, 2.45) is 0 Å². The third-order valence-electron chi connectivity index (χ3n) is 2.25. The van der Waals surface area contributed by atoms with Crippen LogP contribution in [0.2, 0.25) is 0 Å². The molecule has 0 atom stereocenters. The third kappa shape index (κ3) is 1.82. The highest BCUT2D eigenvalue weighted by Gasteiger charge is 2.32. The number of halogens is 3. The van der Waals surface area contributed by atoms with Crippen LogP contribution in [0.15, 0.2) is 36.4 Å². The first-order valence-corrected chi connectivity index (χ1v) is 4.40. The SMILES string of the molecule is [CH2]c1ccc2c(C(F)(F)F)cccc2c1. The van der Waals surface area contributed by atoms with Crippen LogP contribution in [0.5, 0.6) is 0 Å². The van der Waals surface area contributed by atoms with Crippen LogP contribution in [-0.4, -0.2) is 0 Å². The first-order chi connectivity index (χ1) is 6.98. The average Bonchev–Trinajstić information content (AvgIpc) is 2.15. The fraction of sp³-hybridized carbons (Fsp3) is 0.0833. The lowest BCUT2D eigenvalue weighted by Gasteiger charge is -2.10. The zero-order valence-corrected chi connectivity index (χ0v) is 7.81. The molecule has 0 spiro atoms. The molecule has 0 aliphatic carbocycles. The summed E-state index contributed by atoms with van der Waals surface area (Å²) in [4.78, 5) is 0. The van der Waals surface area contributed by atoms with Gasteiger partial charge in [0.2, 0.25) is 0 Å². The smallest absolute Gasteiger partial charge is 0.166 e. The molecule has 2 rings (SSSR count). The predicted molar refractivity (Wildman–Crippen MR) is 53.4 cm³/mol. The van der Waals surface area contributed by atoms with Gasteiger partial charge in [-0.1, -0.05) is 30.3 Å². The van der Waals surface area contributed by atoms with Crippen molar-refractivity contribution in [3.63, 3.8) is 0 Å². The van der Waals surface area contributed by atoms with E-state index in [0.29, 0.717) is 10.9 Å². The third-order valence-corrected chi connectivity index (χ3v) is 2.25. The van der Waals surface area contributed by atoms with E-state index in [-0.39, 0.29) is 5.39 Å². The lowest BCUT2D eigenvalue weighted by Crippen LogP contribution is -2.05. The summed E-state index contributed by atoms with van der Waals surface area (Å²) in [6.45, 7) is 3.68. The number of rotatable bonds is 0. The zero-order valence-electron chi connectivity index (χ0n) is 7.81. The van der Waals surface area contributed by atoms with Crippen LogP contribution in [0.25, 0.3) is 10.8 Å². The van der Waals surface area contributed by atoms with Crippen LogP contribution in [0.3, 0.4) is 0 Å². The van der Waals surface area contributed by atoms with Gasteiger partial charge in [-0.15, -0.1) is 0 Å². The molecule has 0 saturated heterocycles. The summed E-state index contributed by atoms with van der Waals surface area (Å²) in [5.74, 6) is 0. The lowest BCUT2D eigenvalue weighted by atomic mass is 10.0. The lowest BCUT2D eigenvalue weighted by molar-refractivity contribution is -0.136. The molecule has 0 amide bonds. The van der Waals surface area contributed by atoms with Gasteiger partial charge in [0.25, 0.3) is 0 Å². The first-order valence-electron chi connectivity index (χ1n) is 4.40. The van der Waals surface area contributed by atoms with Crippen LogP contribution in [0, 0.1) is 6.92 Å². The molecule has 0 aliphatic heterocycles. The van der Waals surface area contributed by atoms with Crippen molar-refractivity contribution >= 4 is 10.8 Å². The molecular formula is C12H8F3. The quantitative estimate of drug-likeness (QED) is 0.614. The average molecular weight is 209 g/mol. The Bertz CT molecular complexity index is 498. The highest BCUT2D eigenvalue weighted by molar-refractivity contribution is 5.86. The topological polar surface area (TPSA) is 0 Å². The van der Waals surface area contributed by atoms with Gasteiger partial charge in [0, 0.05) is 0 Å². The van der Waals surface area contributed by atoms with E-state index in [1.807, 2.05) is 0 Å². The van der Waals surface area contributed by atoms with E-state index >= 15 is 0 Å². The Kier molecular flexibility index (Phi) is 2.18. The molecule has 0 fully saturated rings. The second-order valence-corrected chi connectivity index (χ2v) is 3.36. The summed E-state index contributed by atoms with van der Waals surface area (Å²) in [6, 6.07) is 8.83. The van der Waals surface area contributed by atoms with Gasteiger partial charge in [0.15, 0.2) is 0 Å². The van der Waals surface area contributed by atoms with Gasteiger partial charge in [-0.2, -0.15) is 13.2 Å². The van der Waals surface area contributed by atoms with E-state index in [1.165, 1.54) is 12.1 Å². The highest BCUT2D eigenvalue weighted by atomic mass is 19.4. The monoisotopic (exact) mass is 209 g/mol. The molecular weight excluding hydrogens is 201 g/mol. The number of fused-ring (bicyclic) bond motifs is 1. The molecule has 0 aromatic heterocycles. The summed E-state index contributed by atoms with van der Waals surface area (Å²) in [5.41, 5.74) is 0.113. The van der Waals surface area contributed by atoms with Crippen molar-refractivity contribution in [2.45, 2.75) is 6.18 Å². The van der Waals surface area contributed by atoms with Crippen molar-refractivity contribution in [1.82, 2.24) is 0 Å². The summed E-state index contributed by atoms with van der Waals surface area (Å²) in [7, 11) is 0. The standard InChI is InChI=1S/C12H8F3/c1-8-5-6-10-9(7-8)3-2-4-11(10)12(13,14)15/h2-7H,1H2. The molecule has 2 aromatic rings. The molecule has 2 aromatic carbocycles. The van der Waals surface area contributed by atoms with Crippen LogP contribution in [-0.2, 0) is 6.18 Å². The van der Waals surface area contributed by atoms with Gasteiger partial charge in [-0.05, 0) is 29.3 Å². The molecule has 0 aliphatic rings. The fourth-order valence-electron chi connectivity index (χ4n) is 1.58. The molecule has 3 heteroatoms. The Labute approximate surface area is 85.3 Å². The van der Waals surface area contributed by atoms with Gasteiger partial charge < -0.3 is 0 Å². The Hall–Kier alpha value is -1.51. The minimum atomic E-state index is -4.30. The summed E-state index contributed by atoms with van der Waals surface area (Å²) >= 11 is 0. The second kappa shape index (κ2) is 3.26. The van der Waals surface area contributed by atoms with E-state index < -0.39 is 11.7 Å². The normalized spacial score (nSPS) is 12.0. The van der Waals surface area contributed by atoms with Crippen LogP contribution in [0.1, 0.15) is 11.1 Å². The van der Waals surface area contributed by atoms with Crippen molar-refractivity contribution in [3.8, 4) is 0 Å². The van der Waals surface area contributed by atoms with Crippen LogP contribution in [0.4, 0.5) is 13.2 Å². The van der Waals surface area contributed by atoms with Crippen LogP contribution < -0.4 is 0 Å². The largest absolute Gasteiger partial charge is 0.417 e. The molecule has 0 heterocycles. The molecule has 0 unspecified atom stereocenters. The summed E-state index contributed by atoms with van der Waals surface area (Å²) in [6.07, 6.45) is -4.30. The summed E-state index contributed by atoms with van der Waals surface area (Å²) < 4.78 is 37.8. The van der Waals surface area contributed by atoms with Gasteiger partial charge in [-0.25, -0.2) is 0 Å². The van der Waals surface area contributed by atoms with E-state index in [1.54, 1.807) is 18.2 Å². The van der Waals surface area contributed by atoms with Gasteiger partial charge in [-0.3, -0.25) is 0 Å². The number of hydrogen-bond acceptors (Lipinski definition) is 0. The van der Waals surface area contributed by atoms with Gasteiger partial charge in [0.1, 0.15) is 0 Å². The minimum absolute atomic E-state index is 0.220.